The van der Waals surface area contributed by atoms with Gasteiger partial charge in [-0.25, -0.2) is 4.79 Å². The van der Waals surface area contributed by atoms with Crippen LogP contribution in [-0.2, 0) is 4.74 Å². The molecule has 0 bridgehead atoms. The van der Waals surface area contributed by atoms with Crippen molar-refractivity contribution >= 4 is 36.2 Å². The van der Waals surface area contributed by atoms with Gasteiger partial charge in [0.2, 0.25) is 0 Å². The molecule has 0 fully saturated rings. The molecule has 6 nitrogen and oxygen atoms in total. The van der Waals surface area contributed by atoms with Gasteiger partial charge in [-0.2, -0.15) is 0 Å². The van der Waals surface area contributed by atoms with Gasteiger partial charge in [-0.1, -0.05) is 13.8 Å². The number of carbonyl (C=O) groups excluding carboxylic acids is 1. The van der Waals surface area contributed by atoms with E-state index in [0.717, 1.165) is 12.8 Å². The minimum Gasteiger partial charge on any atom is -0.492 e. The second-order valence-corrected chi connectivity index (χ2v) is 14.4. The highest BCUT2D eigenvalue weighted by Gasteiger charge is 2.37. The smallest absolute Gasteiger partial charge is 0.413 e. The van der Waals surface area contributed by atoms with Crippen molar-refractivity contribution in [1.82, 2.24) is 5.32 Å². The van der Waals surface area contributed by atoms with Gasteiger partial charge in [0.1, 0.15) is 17.2 Å². The van der Waals surface area contributed by atoms with E-state index >= 15 is 0 Å². The second kappa shape index (κ2) is 9.41. The molecule has 8 heteroatoms. The van der Waals surface area contributed by atoms with Gasteiger partial charge in [0.25, 0.3) is 0 Å². The highest BCUT2D eigenvalue weighted by Crippen LogP contribution is 2.39. The predicted octanol–water partition coefficient (Wildman–Crippen LogP) is 5.44. The Balaban J connectivity index is 2.60. The monoisotopic (exact) mass is 472 g/mol. The fraction of sp³-hybridized carbons (Fsp3) is 0.600. The Bertz CT molecular complexity index is 709. The topological polar surface area (TPSA) is 91.6 Å². The van der Waals surface area contributed by atoms with Crippen LogP contribution in [0.4, 0.5) is 4.79 Å². The first-order valence-corrected chi connectivity index (χ1v) is 13.1. The maximum Gasteiger partial charge on any atom is 0.413 e. The Kier molecular flexibility index (Phi) is 8.29. The molecule has 0 heterocycles. The third-order valence-electron chi connectivity index (χ3n) is 4.71. The Labute approximate surface area is 177 Å². The Morgan fingerprint density at radius 1 is 1.25 bits per heavy atom. The largest absolute Gasteiger partial charge is 0.492 e. The lowest BCUT2D eigenvalue weighted by atomic mass is 10.1. The summed E-state index contributed by atoms with van der Waals surface area (Å²) in [6.45, 7) is 14.0. The van der Waals surface area contributed by atoms with E-state index in [9.17, 15) is 9.59 Å². The van der Waals surface area contributed by atoms with E-state index in [1.807, 2.05) is 13.1 Å². The van der Waals surface area contributed by atoms with E-state index in [-0.39, 0.29) is 10.9 Å². The van der Waals surface area contributed by atoms with E-state index in [1.54, 1.807) is 39.0 Å². The van der Waals surface area contributed by atoms with Crippen molar-refractivity contribution < 1.29 is 19.1 Å². The van der Waals surface area contributed by atoms with Crippen molar-refractivity contribution in [3.63, 3.8) is 0 Å². The number of hydrogen-bond acceptors (Lipinski definition) is 5. The molecule has 158 valence electrons. The summed E-state index contributed by atoms with van der Waals surface area (Å²) in [7, 11) is -2.21. The minimum absolute atomic E-state index is 0.0432. The summed E-state index contributed by atoms with van der Waals surface area (Å²) < 4.78 is 11.7. The van der Waals surface area contributed by atoms with Gasteiger partial charge in [0.15, 0.2) is 8.32 Å². The standard InChI is InChI=1S/C20H33BrN2O4Si/c1-19(2,3)27-18(24)23-17(22)14-9-10-16(15(21)13-14)26-12-8-11-20(4,5)28(6,7)25/h9-10,13,25H,8,11-12H2,1-7H3,(H2,22,23,24). The molecule has 1 aromatic rings. The van der Waals surface area contributed by atoms with E-state index in [0.29, 0.717) is 22.4 Å². The van der Waals surface area contributed by atoms with Gasteiger partial charge < -0.3 is 14.3 Å². The van der Waals surface area contributed by atoms with Crippen LogP contribution >= 0.6 is 15.9 Å². The van der Waals surface area contributed by atoms with Crippen molar-refractivity contribution in [3.8, 4) is 5.75 Å². The van der Waals surface area contributed by atoms with Gasteiger partial charge in [-0.05, 0) is 85.9 Å². The molecule has 0 unspecified atom stereocenters. The summed E-state index contributed by atoms with van der Waals surface area (Å²) in [5.41, 5.74) is -0.0791. The van der Waals surface area contributed by atoms with Crippen molar-refractivity contribution in [3.05, 3.63) is 28.2 Å². The lowest BCUT2D eigenvalue weighted by Gasteiger charge is -2.35. The van der Waals surface area contributed by atoms with Crippen LogP contribution in [0.2, 0.25) is 18.1 Å². The molecule has 0 saturated carbocycles. The molecule has 0 spiro atoms. The minimum atomic E-state index is -2.21. The van der Waals surface area contributed by atoms with Gasteiger partial charge in [0.05, 0.1) is 11.1 Å². The predicted molar refractivity (Wildman–Crippen MR) is 119 cm³/mol. The molecule has 0 aliphatic carbocycles. The number of halogens is 1. The molecule has 1 aromatic carbocycles. The van der Waals surface area contributed by atoms with Crippen molar-refractivity contribution in [2.24, 2.45) is 0 Å². The van der Waals surface area contributed by atoms with Crippen molar-refractivity contribution in [2.75, 3.05) is 6.61 Å². The van der Waals surface area contributed by atoms with Gasteiger partial charge >= 0.3 is 6.09 Å². The number of nitrogens with one attached hydrogen (secondary N) is 2. The summed E-state index contributed by atoms with van der Waals surface area (Å²) >= 11 is 3.46. The normalized spacial score (nSPS) is 12.5. The van der Waals surface area contributed by atoms with Crippen LogP contribution in [0.25, 0.3) is 0 Å². The molecule has 1 amide bonds. The summed E-state index contributed by atoms with van der Waals surface area (Å²) in [5, 5.41) is 10.4. The van der Waals surface area contributed by atoms with E-state index in [1.165, 1.54) is 0 Å². The van der Waals surface area contributed by atoms with Gasteiger partial charge in [-0.3, -0.25) is 10.7 Å². The van der Waals surface area contributed by atoms with Crippen LogP contribution in [0.15, 0.2) is 22.7 Å². The summed E-state index contributed by atoms with van der Waals surface area (Å²) in [6, 6.07) is 5.21. The average molecular weight is 473 g/mol. The third kappa shape index (κ3) is 7.93. The summed E-state index contributed by atoms with van der Waals surface area (Å²) in [6.07, 6.45) is 1.07. The van der Waals surface area contributed by atoms with Crippen LogP contribution in [0.5, 0.6) is 5.75 Å². The zero-order chi connectivity index (χ0) is 21.8. The van der Waals surface area contributed by atoms with Gasteiger partial charge in [-0.15, -0.1) is 0 Å². The van der Waals surface area contributed by atoms with E-state index < -0.39 is 20.0 Å². The molecule has 0 aliphatic heterocycles. The lowest BCUT2D eigenvalue weighted by molar-refractivity contribution is 0.0563. The summed E-state index contributed by atoms with van der Waals surface area (Å²) in [4.78, 5) is 22.1. The quantitative estimate of drug-likeness (QED) is 0.213. The third-order valence-corrected chi connectivity index (χ3v) is 8.89. The molecular formula is C20H33BrN2O4Si. The Morgan fingerprint density at radius 2 is 1.86 bits per heavy atom. The zero-order valence-electron chi connectivity index (χ0n) is 17.9. The fourth-order valence-electron chi connectivity index (χ4n) is 2.25. The van der Waals surface area contributed by atoms with Crippen LogP contribution < -0.4 is 10.1 Å². The molecule has 0 aliphatic rings. The second-order valence-electron chi connectivity index (χ2n) is 9.04. The maximum atomic E-state index is 11.8. The number of amidine groups is 1. The number of hydrogen-bond donors (Lipinski definition) is 3. The molecule has 1 rings (SSSR count). The lowest BCUT2D eigenvalue weighted by Crippen LogP contribution is -2.39. The van der Waals surface area contributed by atoms with Crippen LogP contribution in [0.1, 0.15) is 53.0 Å². The molecule has 0 radical (unpaired) electrons. The number of amides is 1. The molecule has 0 atom stereocenters. The van der Waals surface area contributed by atoms with Crippen molar-refractivity contribution in [2.45, 2.75) is 71.2 Å². The SMILES string of the molecule is CC(C)(C)OC(=O)NC(=N)c1ccc(OCCCC(C)(C)[Si](C)(C)O)c(Br)c1. The Hall–Kier alpha value is -1.38. The first-order valence-electron chi connectivity index (χ1n) is 9.36. The highest BCUT2D eigenvalue weighted by atomic mass is 79.9. The first kappa shape index (κ1) is 24.7. The van der Waals surface area contributed by atoms with E-state index in [2.05, 4.69) is 35.1 Å². The molecule has 0 saturated heterocycles. The molecule has 28 heavy (non-hydrogen) atoms. The number of ether oxygens (including phenoxy) is 2. The van der Waals surface area contributed by atoms with Crippen molar-refractivity contribution in [1.29, 1.82) is 5.41 Å². The highest BCUT2D eigenvalue weighted by molar-refractivity contribution is 9.10. The first-order chi connectivity index (χ1) is 12.6. The Morgan fingerprint density at radius 3 is 2.36 bits per heavy atom. The van der Waals surface area contributed by atoms with E-state index in [4.69, 9.17) is 14.9 Å². The number of benzene rings is 1. The number of alkyl carbamates (subject to hydrolysis) is 1. The summed E-state index contributed by atoms with van der Waals surface area (Å²) in [5.74, 6) is 0.630. The fourth-order valence-corrected chi connectivity index (χ4v) is 3.54. The molecule has 0 aromatic heterocycles. The molecule has 3 N–H and O–H groups in total. The van der Waals surface area contributed by atoms with Gasteiger partial charge in [0, 0.05) is 5.56 Å². The van der Waals surface area contributed by atoms with Crippen LogP contribution in [0, 0.1) is 5.41 Å². The average Bonchev–Trinajstić information content (AvgIpc) is 2.49. The van der Waals surface area contributed by atoms with Crippen LogP contribution in [0.3, 0.4) is 0 Å². The molecular weight excluding hydrogens is 440 g/mol. The maximum absolute atomic E-state index is 11.8. The number of carbonyl (C=O) groups is 1. The zero-order valence-corrected chi connectivity index (χ0v) is 20.5. The van der Waals surface area contributed by atoms with Crippen LogP contribution in [-0.4, -0.2) is 37.2 Å². The number of rotatable bonds is 7.